The Labute approximate surface area is 163 Å². The average Bonchev–Trinajstić information content (AvgIpc) is 3.15. The van der Waals surface area contributed by atoms with Gasteiger partial charge in [0.25, 0.3) is 0 Å². The van der Waals surface area contributed by atoms with Gasteiger partial charge in [0.2, 0.25) is 0 Å². The van der Waals surface area contributed by atoms with Crippen molar-refractivity contribution in [3.05, 3.63) is 51.5 Å². The molecule has 4 rings (SSSR count). The lowest BCUT2D eigenvalue weighted by Gasteiger charge is -2.20. The van der Waals surface area contributed by atoms with Crippen LogP contribution in [0.2, 0.25) is 0 Å². The van der Waals surface area contributed by atoms with Crippen LogP contribution in [0.15, 0.2) is 29.8 Å². The van der Waals surface area contributed by atoms with Gasteiger partial charge in [-0.3, -0.25) is 0 Å². The largest absolute Gasteiger partial charge is 0.324 e. The third-order valence-corrected chi connectivity index (χ3v) is 5.83. The summed E-state index contributed by atoms with van der Waals surface area (Å²) < 4.78 is 0. The summed E-state index contributed by atoms with van der Waals surface area (Å²) in [6.07, 6.45) is 5.65. The Kier molecular flexibility index (Phi) is 5.12. The van der Waals surface area contributed by atoms with Crippen molar-refractivity contribution in [2.24, 2.45) is 0 Å². The van der Waals surface area contributed by atoms with Crippen LogP contribution in [-0.2, 0) is 25.7 Å². The second kappa shape index (κ2) is 7.85. The van der Waals surface area contributed by atoms with Crippen LogP contribution >= 0.6 is 11.3 Å². The molecule has 1 aliphatic carbocycles. The summed E-state index contributed by atoms with van der Waals surface area (Å²) >= 11 is 1.67. The number of aromatic nitrogens is 3. The first-order valence-corrected chi connectivity index (χ1v) is 10.2. The minimum absolute atomic E-state index is 0.391. The standard InChI is InChI=1S/C21H21N5S/c1-2-18-21(23-13-27-18)26-20-16-8-3-4-9-17(16)24-19(25-20)15-7-5-6-14(12-15)10-11-22/h5-7,12-13H,2-4,8-10H2,1H3,(H,24,25,26). The highest BCUT2D eigenvalue weighted by Crippen LogP contribution is 2.31. The van der Waals surface area contributed by atoms with E-state index in [0.29, 0.717) is 12.2 Å². The average molecular weight is 376 g/mol. The number of aryl methyl sites for hydroxylation is 2. The van der Waals surface area contributed by atoms with Crippen LogP contribution in [0.25, 0.3) is 11.4 Å². The second-order valence-corrected chi connectivity index (χ2v) is 7.61. The van der Waals surface area contributed by atoms with E-state index in [0.717, 1.165) is 54.1 Å². The first-order chi connectivity index (χ1) is 13.3. The number of thiazole rings is 1. The van der Waals surface area contributed by atoms with E-state index in [9.17, 15) is 0 Å². The summed E-state index contributed by atoms with van der Waals surface area (Å²) in [6.45, 7) is 2.14. The van der Waals surface area contributed by atoms with E-state index in [2.05, 4.69) is 23.3 Å². The zero-order valence-electron chi connectivity index (χ0n) is 15.3. The van der Waals surface area contributed by atoms with E-state index in [4.69, 9.17) is 15.2 Å². The molecule has 1 aromatic carbocycles. The quantitative estimate of drug-likeness (QED) is 0.690. The van der Waals surface area contributed by atoms with Gasteiger partial charge in [-0.15, -0.1) is 11.3 Å². The third kappa shape index (κ3) is 3.69. The molecule has 0 spiro atoms. The van der Waals surface area contributed by atoms with Gasteiger partial charge in [0.05, 0.1) is 18.0 Å². The molecule has 5 nitrogen and oxygen atoms in total. The number of rotatable bonds is 5. The van der Waals surface area contributed by atoms with Crippen molar-refractivity contribution in [1.82, 2.24) is 15.0 Å². The zero-order chi connectivity index (χ0) is 18.6. The molecule has 0 atom stereocenters. The Balaban J connectivity index is 1.78. The van der Waals surface area contributed by atoms with Gasteiger partial charge in [-0.05, 0) is 43.7 Å². The molecule has 0 saturated carbocycles. The van der Waals surface area contributed by atoms with Gasteiger partial charge in [0.1, 0.15) is 11.6 Å². The van der Waals surface area contributed by atoms with E-state index >= 15 is 0 Å². The molecule has 0 saturated heterocycles. The summed E-state index contributed by atoms with van der Waals surface area (Å²) in [5.41, 5.74) is 6.16. The summed E-state index contributed by atoms with van der Waals surface area (Å²) in [6, 6.07) is 10.2. The van der Waals surface area contributed by atoms with E-state index in [-0.39, 0.29) is 0 Å². The van der Waals surface area contributed by atoms with Gasteiger partial charge in [0, 0.05) is 21.7 Å². The Morgan fingerprint density at radius 3 is 2.93 bits per heavy atom. The number of anilines is 2. The van der Waals surface area contributed by atoms with E-state index in [1.54, 1.807) is 11.3 Å². The SMILES string of the molecule is CCc1scnc1Nc1nc(-c2cccc(CC#N)c2)nc2c1CCCC2. The molecular weight excluding hydrogens is 354 g/mol. The molecule has 0 bridgehead atoms. The maximum atomic E-state index is 8.98. The third-order valence-electron chi connectivity index (χ3n) is 4.85. The molecular formula is C21H21N5S. The topological polar surface area (TPSA) is 74.5 Å². The van der Waals surface area contributed by atoms with Crippen LogP contribution in [0.1, 0.15) is 41.5 Å². The van der Waals surface area contributed by atoms with Gasteiger partial charge in [-0.1, -0.05) is 25.1 Å². The summed E-state index contributed by atoms with van der Waals surface area (Å²) in [5.74, 6) is 2.49. The Hall–Kier alpha value is -2.78. The first-order valence-electron chi connectivity index (χ1n) is 9.34. The van der Waals surface area contributed by atoms with Crippen molar-refractivity contribution in [3.63, 3.8) is 0 Å². The van der Waals surface area contributed by atoms with Gasteiger partial charge in [-0.25, -0.2) is 15.0 Å². The Morgan fingerprint density at radius 1 is 1.19 bits per heavy atom. The number of hydrogen-bond donors (Lipinski definition) is 1. The smallest absolute Gasteiger partial charge is 0.161 e. The number of hydrogen-bond acceptors (Lipinski definition) is 6. The molecule has 136 valence electrons. The van der Waals surface area contributed by atoms with Crippen LogP contribution in [0.3, 0.4) is 0 Å². The van der Waals surface area contributed by atoms with Crippen molar-refractivity contribution in [1.29, 1.82) is 5.26 Å². The van der Waals surface area contributed by atoms with Crippen LogP contribution < -0.4 is 5.32 Å². The maximum Gasteiger partial charge on any atom is 0.161 e. The van der Waals surface area contributed by atoms with Gasteiger partial charge in [0.15, 0.2) is 5.82 Å². The zero-order valence-corrected chi connectivity index (χ0v) is 16.1. The molecule has 0 unspecified atom stereocenters. The molecule has 2 heterocycles. The predicted octanol–water partition coefficient (Wildman–Crippen LogP) is 4.85. The van der Waals surface area contributed by atoms with Crippen LogP contribution in [0.4, 0.5) is 11.6 Å². The molecule has 0 aliphatic heterocycles. The van der Waals surface area contributed by atoms with Crippen molar-refractivity contribution >= 4 is 23.0 Å². The number of nitrogens with zero attached hydrogens (tertiary/aromatic N) is 4. The first kappa shape index (κ1) is 17.6. The van der Waals surface area contributed by atoms with Gasteiger partial charge in [-0.2, -0.15) is 5.26 Å². The minimum atomic E-state index is 0.391. The molecule has 6 heteroatoms. The highest BCUT2D eigenvalue weighted by atomic mass is 32.1. The highest BCUT2D eigenvalue weighted by molar-refractivity contribution is 7.10. The van der Waals surface area contributed by atoms with Crippen LogP contribution in [-0.4, -0.2) is 15.0 Å². The molecule has 0 fully saturated rings. The second-order valence-electron chi connectivity index (χ2n) is 6.67. The predicted molar refractivity (Wildman–Crippen MR) is 108 cm³/mol. The van der Waals surface area contributed by atoms with E-state index < -0.39 is 0 Å². The fraction of sp³-hybridized carbons (Fsp3) is 0.333. The van der Waals surface area contributed by atoms with Gasteiger partial charge < -0.3 is 5.32 Å². The van der Waals surface area contributed by atoms with Crippen molar-refractivity contribution in [3.8, 4) is 17.5 Å². The normalized spacial score (nSPS) is 13.0. The summed E-state index contributed by atoms with van der Waals surface area (Å²) in [5, 5.41) is 12.5. The molecule has 1 N–H and O–H groups in total. The van der Waals surface area contributed by atoms with Crippen molar-refractivity contribution in [2.45, 2.75) is 45.4 Å². The Bertz CT molecular complexity index is 1000. The maximum absolute atomic E-state index is 8.98. The molecule has 3 aromatic rings. The molecule has 2 aromatic heterocycles. The lowest BCUT2D eigenvalue weighted by Crippen LogP contribution is -2.12. The lowest BCUT2D eigenvalue weighted by atomic mass is 9.96. The summed E-state index contributed by atoms with van der Waals surface area (Å²) in [7, 11) is 0. The van der Waals surface area contributed by atoms with E-state index in [1.807, 2.05) is 29.8 Å². The van der Waals surface area contributed by atoms with Crippen LogP contribution in [0, 0.1) is 11.3 Å². The number of benzene rings is 1. The van der Waals surface area contributed by atoms with Crippen molar-refractivity contribution in [2.75, 3.05) is 5.32 Å². The molecule has 0 radical (unpaired) electrons. The van der Waals surface area contributed by atoms with Crippen LogP contribution in [0.5, 0.6) is 0 Å². The minimum Gasteiger partial charge on any atom is -0.324 e. The number of fused-ring (bicyclic) bond motifs is 1. The monoisotopic (exact) mass is 375 g/mol. The number of nitriles is 1. The number of nitrogens with one attached hydrogen (secondary N) is 1. The Morgan fingerprint density at radius 2 is 2.07 bits per heavy atom. The summed E-state index contributed by atoms with van der Waals surface area (Å²) in [4.78, 5) is 15.4. The molecule has 0 amide bonds. The fourth-order valence-corrected chi connectivity index (χ4v) is 4.14. The highest BCUT2D eigenvalue weighted by Gasteiger charge is 2.20. The van der Waals surface area contributed by atoms with Crippen molar-refractivity contribution < 1.29 is 0 Å². The van der Waals surface area contributed by atoms with Gasteiger partial charge >= 0.3 is 0 Å². The lowest BCUT2D eigenvalue weighted by molar-refractivity contribution is 0.665. The molecule has 1 aliphatic rings. The van der Waals surface area contributed by atoms with E-state index in [1.165, 1.54) is 16.9 Å². The fourth-order valence-electron chi connectivity index (χ4n) is 3.47. The molecule has 27 heavy (non-hydrogen) atoms.